The van der Waals surface area contributed by atoms with Crippen molar-refractivity contribution in [1.82, 2.24) is 15.1 Å². The molecule has 7 aliphatic rings. The van der Waals surface area contributed by atoms with E-state index in [9.17, 15) is 20.0 Å². The molecule has 294 valence electrons. The number of rotatable bonds is 4. The fraction of sp³-hybridized carbons (Fsp3) is 0.488. The third-order valence-electron chi connectivity index (χ3n) is 12.6. The zero-order valence-corrected chi connectivity index (χ0v) is 33.1. The lowest BCUT2D eigenvalue weighted by Crippen LogP contribution is -2.69. The lowest BCUT2D eigenvalue weighted by molar-refractivity contribution is -0.157. The van der Waals surface area contributed by atoms with Gasteiger partial charge in [0.15, 0.2) is 40.0 Å². The highest BCUT2D eigenvalue weighted by molar-refractivity contribution is 7.99. The van der Waals surface area contributed by atoms with E-state index in [0.717, 1.165) is 27.8 Å². The number of phenols is 1. The zero-order chi connectivity index (χ0) is 39.4. The number of likely N-dealkylation sites (N-methyl/N-ethyl adjacent to an activating group) is 1. The number of ether oxygens (including phenoxy) is 7. The number of esters is 2. The second-order valence-corrected chi connectivity index (χ2v) is 16.4. The van der Waals surface area contributed by atoms with Crippen molar-refractivity contribution in [3.63, 3.8) is 0 Å². The van der Waals surface area contributed by atoms with Gasteiger partial charge in [0.2, 0.25) is 6.79 Å². The van der Waals surface area contributed by atoms with Crippen LogP contribution < -0.4 is 33.7 Å². The highest BCUT2D eigenvalue weighted by Crippen LogP contribution is 2.64. The molecular formula is C41H44N4O10S. The number of fused-ring (bicyclic) bond motifs is 9. The van der Waals surface area contributed by atoms with Crippen molar-refractivity contribution in [3.8, 4) is 46.3 Å². The highest BCUT2D eigenvalue weighted by atomic mass is 32.2. The lowest BCUT2D eigenvalue weighted by atomic mass is 9.71. The van der Waals surface area contributed by atoms with E-state index in [-0.39, 0.29) is 42.7 Å². The number of piperazine rings is 1. The Morgan fingerprint density at radius 1 is 1.02 bits per heavy atom. The molecule has 0 aromatic heterocycles. The smallest absolute Gasteiger partial charge is 0.331 e. The van der Waals surface area contributed by atoms with Crippen LogP contribution in [0.3, 0.4) is 0 Å². The number of methoxy groups -OCH3 is 3. The summed E-state index contributed by atoms with van der Waals surface area (Å²) in [6.45, 7) is 5.49. The first-order chi connectivity index (χ1) is 27.0. The molecule has 14 nitrogen and oxygen atoms in total. The Kier molecular flexibility index (Phi) is 8.77. The molecule has 0 saturated carbocycles. The van der Waals surface area contributed by atoms with Crippen LogP contribution in [0.2, 0.25) is 0 Å². The minimum atomic E-state index is -1.34. The van der Waals surface area contributed by atoms with Gasteiger partial charge in [-0.2, -0.15) is 5.26 Å². The summed E-state index contributed by atoms with van der Waals surface area (Å²) in [5.41, 5.74) is 5.13. The van der Waals surface area contributed by atoms with Crippen LogP contribution in [0.4, 0.5) is 0 Å². The number of hydrogen-bond donors (Lipinski definition) is 2. The summed E-state index contributed by atoms with van der Waals surface area (Å²) in [6.07, 6.45) is 1.15. The Morgan fingerprint density at radius 2 is 1.79 bits per heavy atom. The minimum absolute atomic E-state index is 0.0108. The Hall–Kier alpha value is -4.88. The predicted molar refractivity (Wildman–Crippen MR) is 203 cm³/mol. The van der Waals surface area contributed by atoms with Crippen LogP contribution in [0.15, 0.2) is 18.2 Å². The molecule has 3 aromatic carbocycles. The summed E-state index contributed by atoms with van der Waals surface area (Å²) in [4.78, 5) is 32.3. The molecular weight excluding hydrogens is 741 g/mol. The van der Waals surface area contributed by atoms with Crippen LogP contribution >= 0.6 is 11.8 Å². The molecule has 2 fully saturated rings. The zero-order valence-electron chi connectivity index (χ0n) is 32.3. The Labute approximate surface area is 328 Å². The molecule has 7 heterocycles. The van der Waals surface area contributed by atoms with E-state index in [1.54, 1.807) is 26.4 Å². The fourth-order valence-electron chi connectivity index (χ4n) is 10.4. The summed E-state index contributed by atoms with van der Waals surface area (Å²) < 4.78 is 42.7. The number of phenolic OH excluding ortho intramolecular Hbond substituents is 1. The summed E-state index contributed by atoms with van der Waals surface area (Å²) >= 11 is 1.53. The van der Waals surface area contributed by atoms with Crippen molar-refractivity contribution >= 4 is 23.7 Å². The van der Waals surface area contributed by atoms with Crippen molar-refractivity contribution in [2.75, 3.05) is 54.1 Å². The number of benzene rings is 3. The summed E-state index contributed by atoms with van der Waals surface area (Å²) in [5, 5.41) is 25.0. The maximum Gasteiger partial charge on any atom is 0.331 e. The second-order valence-electron chi connectivity index (χ2n) is 15.3. The van der Waals surface area contributed by atoms with Crippen LogP contribution in [0.5, 0.6) is 40.2 Å². The number of nitriles is 1. The molecule has 7 atom stereocenters. The van der Waals surface area contributed by atoms with Gasteiger partial charge in [-0.15, -0.1) is 11.8 Å². The standard InChI is InChI=1S/C41H44N4O10S/c1-18-10-22-11-24-25(14-42)45-26-15-52-40(48)41(23-13-28(49-5)27(47)12-21(23)8-9-43-41)16-56-39(33(45)32(44(24)4)29(22)37(51-7)34(18)50-6)31-30(26)38-36(53-17-54-38)19(2)35(31)55-20(3)46/h10,12-13,24-26,32-33,39,43,47H,8-9,11,15-17H2,1-7H3/t24-,25+,26-,32+,33?,39-,41-/m1/s1. The maximum absolute atomic E-state index is 14.8. The normalized spacial score (nSPS) is 28.6. The number of carbonyl (C=O) groups is 2. The van der Waals surface area contributed by atoms with Gasteiger partial charge in [0.25, 0.3) is 0 Å². The van der Waals surface area contributed by atoms with Crippen LogP contribution in [-0.2, 0) is 32.7 Å². The van der Waals surface area contributed by atoms with E-state index in [1.165, 1.54) is 25.8 Å². The molecule has 1 unspecified atom stereocenters. The summed E-state index contributed by atoms with van der Waals surface area (Å²) in [5.74, 6) is 2.01. The first-order valence-electron chi connectivity index (χ1n) is 18.7. The van der Waals surface area contributed by atoms with E-state index in [4.69, 9.17) is 33.2 Å². The Bertz CT molecular complexity index is 2240. The van der Waals surface area contributed by atoms with E-state index >= 15 is 0 Å². The first kappa shape index (κ1) is 36.7. The molecule has 0 amide bonds. The van der Waals surface area contributed by atoms with E-state index in [1.807, 2.05) is 13.8 Å². The van der Waals surface area contributed by atoms with Crippen LogP contribution in [0.25, 0.3) is 0 Å². The molecule has 56 heavy (non-hydrogen) atoms. The predicted octanol–water partition coefficient (Wildman–Crippen LogP) is 4.29. The number of nitrogens with one attached hydrogen (secondary N) is 1. The molecule has 3 aromatic rings. The second kappa shape index (κ2) is 13.4. The van der Waals surface area contributed by atoms with Crippen LogP contribution in [-0.4, -0.2) is 99.0 Å². The average Bonchev–Trinajstić information content (AvgIpc) is 3.67. The minimum Gasteiger partial charge on any atom is -0.504 e. The largest absolute Gasteiger partial charge is 0.504 e. The topological polar surface area (TPSA) is 161 Å². The first-order valence-corrected chi connectivity index (χ1v) is 19.8. The van der Waals surface area contributed by atoms with Crippen molar-refractivity contribution in [1.29, 1.82) is 5.26 Å². The van der Waals surface area contributed by atoms with Gasteiger partial charge in [-0.3, -0.25) is 19.9 Å². The van der Waals surface area contributed by atoms with Crippen molar-refractivity contribution in [2.24, 2.45) is 0 Å². The molecule has 0 aliphatic carbocycles. The van der Waals surface area contributed by atoms with Crippen molar-refractivity contribution < 1.29 is 47.9 Å². The molecule has 0 radical (unpaired) electrons. The van der Waals surface area contributed by atoms with Gasteiger partial charge in [0.05, 0.1) is 44.7 Å². The van der Waals surface area contributed by atoms with E-state index < -0.39 is 40.9 Å². The third kappa shape index (κ3) is 4.98. The molecule has 15 heteroatoms. The molecule has 7 aliphatic heterocycles. The Balaban J connectivity index is 1.34. The average molecular weight is 785 g/mol. The quantitative estimate of drug-likeness (QED) is 0.285. The van der Waals surface area contributed by atoms with Gasteiger partial charge >= 0.3 is 11.9 Å². The summed E-state index contributed by atoms with van der Waals surface area (Å²) in [6, 6.07) is 5.81. The van der Waals surface area contributed by atoms with E-state index in [0.29, 0.717) is 64.8 Å². The Morgan fingerprint density at radius 3 is 2.50 bits per heavy atom. The number of nitrogens with zero attached hydrogens (tertiary/aromatic N) is 3. The number of carbonyl (C=O) groups excluding carboxylic acids is 2. The fourth-order valence-corrected chi connectivity index (χ4v) is 12.1. The van der Waals surface area contributed by atoms with Gasteiger partial charge in [0, 0.05) is 53.6 Å². The number of thioether (sulfide) groups is 1. The molecule has 2 N–H and O–H groups in total. The number of hydrogen-bond acceptors (Lipinski definition) is 15. The monoisotopic (exact) mass is 784 g/mol. The van der Waals surface area contributed by atoms with Crippen LogP contribution in [0.1, 0.15) is 68.8 Å². The molecule has 1 spiro atoms. The summed E-state index contributed by atoms with van der Waals surface area (Å²) in [7, 11) is 6.82. The highest BCUT2D eigenvalue weighted by Gasteiger charge is 2.62. The number of aromatic hydroxyl groups is 1. The maximum atomic E-state index is 14.8. The molecule has 10 rings (SSSR count). The van der Waals surface area contributed by atoms with Crippen molar-refractivity contribution in [2.45, 2.75) is 74.6 Å². The lowest BCUT2D eigenvalue weighted by Gasteiger charge is -2.62. The van der Waals surface area contributed by atoms with Gasteiger partial charge in [-0.25, -0.2) is 4.79 Å². The third-order valence-corrected chi connectivity index (χ3v) is 14.1. The van der Waals surface area contributed by atoms with Gasteiger partial charge in [-0.1, -0.05) is 6.07 Å². The van der Waals surface area contributed by atoms with Crippen molar-refractivity contribution in [3.05, 3.63) is 62.7 Å². The molecule has 4 bridgehead atoms. The van der Waals surface area contributed by atoms with E-state index in [2.05, 4.69) is 34.3 Å². The molecule has 2 saturated heterocycles. The van der Waals surface area contributed by atoms with Gasteiger partial charge < -0.3 is 38.3 Å². The van der Waals surface area contributed by atoms with Gasteiger partial charge in [0.1, 0.15) is 18.4 Å². The van der Waals surface area contributed by atoms with Gasteiger partial charge in [-0.05, 0) is 68.1 Å². The SMILES string of the molecule is COc1cc2c(cc1O)CCN[C@]21CS[C@@H]2c3c(OC(C)=O)c(C)c4c(c3[C@@H](COC1=O)N1C2[C@@H]2c3c(cc(C)c(OC)c3OC)C[C@H]([C@@H]1C#N)N2C)OCO4. The van der Waals surface area contributed by atoms with Crippen LogP contribution in [0, 0.1) is 25.2 Å². The number of aryl methyl sites for hydroxylation is 1.